The van der Waals surface area contributed by atoms with Gasteiger partial charge in [0.05, 0.1) is 0 Å². The summed E-state index contributed by atoms with van der Waals surface area (Å²) < 4.78 is 6.06. The Bertz CT molecular complexity index is 479. The van der Waals surface area contributed by atoms with Crippen LogP contribution in [0.3, 0.4) is 0 Å². The van der Waals surface area contributed by atoms with E-state index < -0.39 is 0 Å². The van der Waals surface area contributed by atoms with Crippen LogP contribution in [-0.4, -0.2) is 9.97 Å². The van der Waals surface area contributed by atoms with Gasteiger partial charge in [0.2, 0.25) is 0 Å². The van der Waals surface area contributed by atoms with Crippen LogP contribution < -0.4 is 10.5 Å². The van der Waals surface area contributed by atoms with Gasteiger partial charge in [0.15, 0.2) is 0 Å². The summed E-state index contributed by atoms with van der Waals surface area (Å²) in [7, 11) is 0. The summed E-state index contributed by atoms with van der Waals surface area (Å²) in [6.07, 6.45) is 0. The fourth-order valence-corrected chi connectivity index (χ4v) is 1.56. The number of nitrogens with two attached hydrogens (primary N) is 1. The number of nitrogen functional groups attached to an aromatic ring is 1. The topological polar surface area (TPSA) is 61.0 Å². The molecule has 0 spiro atoms. The Hall–Kier alpha value is -1.62. The zero-order chi connectivity index (χ0) is 11.5. The number of ether oxygens (including phenoxy) is 1. The second-order valence-electron chi connectivity index (χ2n) is 3.31. The summed E-state index contributed by atoms with van der Waals surface area (Å²) in [5.74, 6) is 1.05. The summed E-state index contributed by atoms with van der Waals surface area (Å²) in [6, 6.07) is 9.47. The number of aromatic nitrogens is 2. The summed E-state index contributed by atoms with van der Waals surface area (Å²) in [5, 5.41) is 0. The molecule has 0 unspecified atom stereocenters. The van der Waals surface area contributed by atoms with Crippen LogP contribution in [0.25, 0.3) is 0 Å². The van der Waals surface area contributed by atoms with Gasteiger partial charge < -0.3 is 10.5 Å². The summed E-state index contributed by atoms with van der Waals surface area (Å²) in [5.41, 5.74) is 6.74. The lowest BCUT2D eigenvalue weighted by molar-refractivity contribution is 0.441. The molecule has 1 heterocycles. The van der Waals surface area contributed by atoms with Crippen molar-refractivity contribution in [1.82, 2.24) is 9.97 Å². The maximum atomic E-state index is 5.58. The Morgan fingerprint density at radius 2 is 1.88 bits per heavy atom. The molecule has 0 saturated heterocycles. The van der Waals surface area contributed by atoms with Crippen LogP contribution in [0.2, 0.25) is 0 Å². The van der Waals surface area contributed by atoms with Crippen molar-refractivity contribution in [2.75, 3.05) is 5.73 Å². The fourth-order valence-electron chi connectivity index (χ4n) is 1.17. The van der Waals surface area contributed by atoms with Crippen molar-refractivity contribution in [1.29, 1.82) is 0 Å². The van der Waals surface area contributed by atoms with Crippen molar-refractivity contribution in [2.45, 2.75) is 6.92 Å². The highest BCUT2D eigenvalue weighted by Gasteiger charge is 2.03. The van der Waals surface area contributed by atoms with E-state index in [2.05, 4.69) is 25.9 Å². The normalized spacial score (nSPS) is 10.1. The maximum absolute atomic E-state index is 5.58. The number of hydrogen-bond acceptors (Lipinski definition) is 4. The molecule has 16 heavy (non-hydrogen) atoms. The molecule has 2 N–H and O–H groups in total. The standard InChI is InChI=1S/C11H10BrN3O/c1-7-2-4-8(5-3-7)16-11-14-9(12)6-10(13)15-11/h2-6H,1H3,(H2,13,14,15). The Labute approximate surface area is 102 Å². The number of halogens is 1. The predicted octanol–water partition coefficient (Wildman–Crippen LogP) is 2.92. The first-order valence-electron chi connectivity index (χ1n) is 4.68. The Kier molecular flexibility index (Phi) is 3.05. The van der Waals surface area contributed by atoms with E-state index in [1.807, 2.05) is 31.2 Å². The molecule has 0 saturated carbocycles. The zero-order valence-corrected chi connectivity index (χ0v) is 10.2. The minimum Gasteiger partial charge on any atom is -0.424 e. The number of hydrogen-bond donors (Lipinski definition) is 1. The summed E-state index contributed by atoms with van der Waals surface area (Å²) in [4.78, 5) is 8.02. The van der Waals surface area contributed by atoms with E-state index in [1.54, 1.807) is 6.07 Å². The van der Waals surface area contributed by atoms with Gasteiger partial charge in [0.25, 0.3) is 0 Å². The molecule has 2 aromatic rings. The van der Waals surface area contributed by atoms with E-state index in [-0.39, 0.29) is 6.01 Å². The number of aryl methyl sites for hydroxylation is 1. The molecule has 82 valence electrons. The van der Waals surface area contributed by atoms with Crippen LogP contribution in [0, 0.1) is 6.92 Å². The summed E-state index contributed by atoms with van der Waals surface area (Å²) in [6.45, 7) is 2.01. The average molecular weight is 280 g/mol. The smallest absolute Gasteiger partial charge is 0.325 e. The van der Waals surface area contributed by atoms with Gasteiger partial charge in [-0.1, -0.05) is 17.7 Å². The monoisotopic (exact) mass is 279 g/mol. The van der Waals surface area contributed by atoms with Gasteiger partial charge in [-0.2, -0.15) is 9.97 Å². The molecule has 1 aromatic carbocycles. The lowest BCUT2D eigenvalue weighted by atomic mass is 10.2. The van der Waals surface area contributed by atoms with Gasteiger partial charge in [0, 0.05) is 6.07 Å². The largest absolute Gasteiger partial charge is 0.424 e. The van der Waals surface area contributed by atoms with Crippen molar-refractivity contribution in [3.63, 3.8) is 0 Å². The van der Waals surface area contributed by atoms with Crippen molar-refractivity contribution >= 4 is 21.7 Å². The van der Waals surface area contributed by atoms with Gasteiger partial charge in [-0.05, 0) is 35.0 Å². The predicted molar refractivity (Wildman–Crippen MR) is 65.4 cm³/mol. The van der Waals surface area contributed by atoms with Gasteiger partial charge in [0.1, 0.15) is 16.2 Å². The van der Waals surface area contributed by atoms with E-state index in [4.69, 9.17) is 10.5 Å². The lowest BCUT2D eigenvalue weighted by Gasteiger charge is -2.04. The third kappa shape index (κ3) is 2.70. The van der Waals surface area contributed by atoms with Gasteiger partial charge in [-0.3, -0.25) is 0 Å². The molecule has 0 aliphatic rings. The number of benzene rings is 1. The maximum Gasteiger partial charge on any atom is 0.325 e. The molecule has 0 fully saturated rings. The lowest BCUT2D eigenvalue weighted by Crippen LogP contribution is -1.96. The Balaban J connectivity index is 2.23. The molecule has 0 aliphatic carbocycles. The highest BCUT2D eigenvalue weighted by molar-refractivity contribution is 9.10. The molecule has 0 atom stereocenters. The van der Waals surface area contributed by atoms with E-state index in [0.29, 0.717) is 16.2 Å². The molecular weight excluding hydrogens is 270 g/mol. The minimum absolute atomic E-state index is 0.232. The second-order valence-corrected chi connectivity index (χ2v) is 4.13. The molecule has 1 aromatic heterocycles. The fraction of sp³-hybridized carbons (Fsp3) is 0.0909. The van der Waals surface area contributed by atoms with Gasteiger partial charge in [-0.25, -0.2) is 0 Å². The van der Waals surface area contributed by atoms with Gasteiger partial charge in [-0.15, -0.1) is 0 Å². The van der Waals surface area contributed by atoms with Crippen molar-refractivity contribution in [3.05, 3.63) is 40.5 Å². The third-order valence-electron chi connectivity index (χ3n) is 1.92. The first-order chi connectivity index (χ1) is 7.63. The molecule has 0 bridgehead atoms. The SMILES string of the molecule is Cc1ccc(Oc2nc(N)cc(Br)n2)cc1. The van der Waals surface area contributed by atoms with E-state index >= 15 is 0 Å². The number of rotatable bonds is 2. The van der Waals surface area contributed by atoms with Crippen molar-refractivity contribution < 1.29 is 4.74 Å². The number of anilines is 1. The second kappa shape index (κ2) is 4.49. The highest BCUT2D eigenvalue weighted by Crippen LogP contribution is 2.20. The van der Waals surface area contributed by atoms with Crippen LogP contribution in [0.1, 0.15) is 5.56 Å². The molecule has 0 aliphatic heterocycles. The van der Waals surface area contributed by atoms with Gasteiger partial charge >= 0.3 is 6.01 Å². The number of nitrogens with zero attached hydrogens (tertiary/aromatic N) is 2. The minimum atomic E-state index is 0.232. The Morgan fingerprint density at radius 3 is 2.50 bits per heavy atom. The van der Waals surface area contributed by atoms with Crippen molar-refractivity contribution in [2.24, 2.45) is 0 Å². The summed E-state index contributed by atoms with van der Waals surface area (Å²) >= 11 is 3.23. The Morgan fingerprint density at radius 1 is 1.19 bits per heavy atom. The van der Waals surface area contributed by atoms with Crippen LogP contribution in [0.4, 0.5) is 5.82 Å². The van der Waals surface area contributed by atoms with Crippen LogP contribution in [0.5, 0.6) is 11.8 Å². The van der Waals surface area contributed by atoms with Crippen LogP contribution >= 0.6 is 15.9 Å². The molecule has 4 nitrogen and oxygen atoms in total. The highest BCUT2D eigenvalue weighted by atomic mass is 79.9. The molecule has 2 rings (SSSR count). The van der Waals surface area contributed by atoms with Crippen LogP contribution in [0.15, 0.2) is 34.9 Å². The van der Waals surface area contributed by atoms with E-state index in [9.17, 15) is 0 Å². The van der Waals surface area contributed by atoms with Crippen molar-refractivity contribution in [3.8, 4) is 11.8 Å². The van der Waals surface area contributed by atoms with E-state index in [1.165, 1.54) is 5.56 Å². The quantitative estimate of drug-likeness (QED) is 0.859. The first-order valence-corrected chi connectivity index (χ1v) is 5.47. The molecule has 0 radical (unpaired) electrons. The molecule has 0 amide bonds. The average Bonchev–Trinajstić information content (AvgIpc) is 2.20. The first kappa shape index (κ1) is 10.9. The molecule has 5 heteroatoms. The van der Waals surface area contributed by atoms with E-state index in [0.717, 1.165) is 0 Å². The third-order valence-corrected chi connectivity index (χ3v) is 2.33. The van der Waals surface area contributed by atoms with Crippen LogP contribution in [-0.2, 0) is 0 Å². The zero-order valence-electron chi connectivity index (χ0n) is 8.64. The molecular formula is C11H10BrN3O.